The molecule has 1 aliphatic heterocycles. The highest BCUT2D eigenvalue weighted by Gasteiger charge is 2.29. The lowest BCUT2D eigenvalue weighted by Gasteiger charge is -2.21. The maximum atomic E-state index is 11.7. The van der Waals surface area contributed by atoms with E-state index in [0.29, 0.717) is 12.0 Å². The first-order valence-corrected chi connectivity index (χ1v) is 7.79. The fourth-order valence-corrected chi connectivity index (χ4v) is 2.88. The molecule has 0 bridgehead atoms. The number of amides is 1. The van der Waals surface area contributed by atoms with Crippen molar-refractivity contribution in [2.45, 2.75) is 38.8 Å². The van der Waals surface area contributed by atoms with E-state index < -0.39 is 11.7 Å². The van der Waals surface area contributed by atoms with Gasteiger partial charge in [-0.2, -0.15) is 0 Å². The molecule has 2 rings (SSSR count). The number of rotatable bonds is 3. The summed E-state index contributed by atoms with van der Waals surface area (Å²) in [6.07, 6.45) is 0.660. The Morgan fingerprint density at radius 1 is 1.36 bits per heavy atom. The van der Waals surface area contributed by atoms with Crippen LogP contribution in [0.5, 0.6) is 0 Å². The number of nitrogens with one attached hydrogen (secondary N) is 1. The molecule has 5 heteroatoms. The third-order valence-electron chi connectivity index (χ3n) is 3.91. The monoisotopic (exact) mass is 305 g/mol. The molecule has 1 aromatic rings. The van der Waals surface area contributed by atoms with E-state index in [4.69, 9.17) is 10.5 Å². The van der Waals surface area contributed by atoms with Gasteiger partial charge >= 0.3 is 6.09 Å². The first kappa shape index (κ1) is 16.8. The second kappa shape index (κ2) is 6.67. The molecule has 0 aliphatic carbocycles. The fourth-order valence-electron chi connectivity index (χ4n) is 2.88. The number of likely N-dealkylation sites (tertiary alicyclic amines) is 1. The van der Waals surface area contributed by atoms with Gasteiger partial charge in [0.2, 0.25) is 0 Å². The molecule has 0 aromatic heterocycles. The molecule has 22 heavy (non-hydrogen) atoms. The standard InChI is InChI=1S/C17H27N3O2/c1-17(2,3)22-16(21)19-14-7-5-13(6-8-14)15-9-12(10-18)11-20(15)4/h5-8,12,15H,9-11,18H2,1-4H3,(H,19,21). The molecule has 1 amide bonds. The van der Waals surface area contributed by atoms with Crippen LogP contribution in [0.1, 0.15) is 38.8 Å². The van der Waals surface area contributed by atoms with Crippen molar-refractivity contribution < 1.29 is 9.53 Å². The number of nitrogens with zero attached hydrogens (tertiary/aromatic N) is 1. The van der Waals surface area contributed by atoms with Crippen molar-refractivity contribution in [3.63, 3.8) is 0 Å². The van der Waals surface area contributed by atoms with Gasteiger partial charge in [-0.3, -0.25) is 10.2 Å². The fraction of sp³-hybridized carbons (Fsp3) is 0.588. The van der Waals surface area contributed by atoms with Gasteiger partial charge in [-0.25, -0.2) is 4.79 Å². The Bertz CT molecular complexity index is 508. The summed E-state index contributed by atoms with van der Waals surface area (Å²) in [5, 5.41) is 2.75. The SMILES string of the molecule is CN1CC(CN)CC1c1ccc(NC(=O)OC(C)(C)C)cc1. The van der Waals surface area contributed by atoms with Crippen molar-refractivity contribution in [2.75, 3.05) is 25.5 Å². The van der Waals surface area contributed by atoms with Gasteiger partial charge < -0.3 is 10.5 Å². The van der Waals surface area contributed by atoms with Crippen molar-refractivity contribution in [3.05, 3.63) is 29.8 Å². The molecular formula is C17H27N3O2. The summed E-state index contributed by atoms with van der Waals surface area (Å²) in [6.45, 7) is 7.32. The second-order valence-corrected chi connectivity index (χ2v) is 7.04. The van der Waals surface area contributed by atoms with Crippen LogP contribution in [0.2, 0.25) is 0 Å². The number of hydrogen-bond donors (Lipinski definition) is 2. The minimum atomic E-state index is -0.492. The third-order valence-corrected chi connectivity index (χ3v) is 3.91. The summed E-state index contributed by atoms with van der Waals surface area (Å²) in [7, 11) is 2.13. The molecule has 0 saturated carbocycles. The Morgan fingerprint density at radius 3 is 2.50 bits per heavy atom. The highest BCUT2D eigenvalue weighted by molar-refractivity contribution is 5.84. The van der Waals surface area contributed by atoms with Crippen LogP contribution in [0.4, 0.5) is 10.5 Å². The summed E-state index contributed by atoms with van der Waals surface area (Å²) in [5.74, 6) is 0.564. The molecule has 5 nitrogen and oxygen atoms in total. The lowest BCUT2D eigenvalue weighted by Crippen LogP contribution is -2.27. The molecule has 0 spiro atoms. The van der Waals surface area contributed by atoms with E-state index in [-0.39, 0.29) is 0 Å². The third kappa shape index (κ3) is 4.45. The van der Waals surface area contributed by atoms with Crippen LogP contribution in [0.3, 0.4) is 0 Å². The van der Waals surface area contributed by atoms with E-state index in [1.54, 1.807) is 0 Å². The van der Waals surface area contributed by atoms with Crippen molar-refractivity contribution in [1.82, 2.24) is 4.90 Å². The molecule has 1 heterocycles. The van der Waals surface area contributed by atoms with Crippen molar-refractivity contribution >= 4 is 11.8 Å². The van der Waals surface area contributed by atoms with Crippen LogP contribution in [0.15, 0.2) is 24.3 Å². The number of carbonyl (C=O) groups is 1. The van der Waals surface area contributed by atoms with E-state index in [1.807, 2.05) is 32.9 Å². The van der Waals surface area contributed by atoms with Crippen molar-refractivity contribution in [1.29, 1.82) is 0 Å². The number of anilines is 1. The average Bonchev–Trinajstić information content (AvgIpc) is 2.79. The van der Waals surface area contributed by atoms with Crippen LogP contribution in [0.25, 0.3) is 0 Å². The molecule has 1 aliphatic rings. The number of nitrogens with two attached hydrogens (primary N) is 1. The smallest absolute Gasteiger partial charge is 0.412 e. The highest BCUT2D eigenvalue weighted by atomic mass is 16.6. The lowest BCUT2D eigenvalue weighted by molar-refractivity contribution is 0.0636. The first-order chi connectivity index (χ1) is 10.3. The summed E-state index contributed by atoms with van der Waals surface area (Å²) < 4.78 is 5.25. The number of carbonyl (C=O) groups excluding carboxylic acids is 1. The zero-order valence-corrected chi connectivity index (χ0v) is 13.9. The zero-order valence-electron chi connectivity index (χ0n) is 13.9. The molecule has 122 valence electrons. The summed E-state index contributed by atoms with van der Waals surface area (Å²) in [5.41, 5.74) is 7.29. The Balaban J connectivity index is 1.97. The predicted octanol–water partition coefficient (Wildman–Crippen LogP) is 2.99. The predicted molar refractivity (Wildman–Crippen MR) is 88.8 cm³/mol. The summed E-state index contributed by atoms with van der Waals surface area (Å²) in [6, 6.07) is 8.37. The van der Waals surface area contributed by atoms with Crippen molar-refractivity contribution in [2.24, 2.45) is 11.7 Å². The highest BCUT2D eigenvalue weighted by Crippen LogP contribution is 2.34. The summed E-state index contributed by atoms with van der Waals surface area (Å²) >= 11 is 0. The number of hydrogen-bond acceptors (Lipinski definition) is 4. The molecule has 0 radical (unpaired) electrons. The minimum absolute atomic E-state index is 0.407. The van der Waals surface area contributed by atoms with Crippen LogP contribution >= 0.6 is 0 Å². The van der Waals surface area contributed by atoms with Gasteiger partial charge in [-0.1, -0.05) is 12.1 Å². The topological polar surface area (TPSA) is 67.6 Å². The summed E-state index contributed by atoms with van der Waals surface area (Å²) in [4.78, 5) is 14.1. The molecular weight excluding hydrogens is 278 g/mol. The lowest BCUT2D eigenvalue weighted by atomic mass is 10.00. The average molecular weight is 305 g/mol. The molecule has 1 fully saturated rings. The quantitative estimate of drug-likeness (QED) is 0.901. The Labute approximate surface area is 132 Å². The molecule has 3 N–H and O–H groups in total. The molecule has 1 saturated heterocycles. The molecule has 2 unspecified atom stereocenters. The van der Waals surface area contributed by atoms with Gasteiger partial charge in [-0.05, 0) is 64.4 Å². The van der Waals surface area contributed by atoms with Gasteiger partial charge in [0.15, 0.2) is 0 Å². The minimum Gasteiger partial charge on any atom is -0.444 e. The molecule has 2 atom stereocenters. The van der Waals surface area contributed by atoms with Gasteiger partial charge in [0, 0.05) is 18.3 Å². The van der Waals surface area contributed by atoms with E-state index in [9.17, 15) is 4.79 Å². The van der Waals surface area contributed by atoms with E-state index in [0.717, 1.165) is 25.2 Å². The Hall–Kier alpha value is -1.59. The van der Waals surface area contributed by atoms with Gasteiger partial charge in [0.05, 0.1) is 0 Å². The van der Waals surface area contributed by atoms with Gasteiger partial charge in [-0.15, -0.1) is 0 Å². The second-order valence-electron chi connectivity index (χ2n) is 7.04. The first-order valence-electron chi connectivity index (χ1n) is 7.79. The molecule has 1 aromatic carbocycles. The van der Waals surface area contributed by atoms with Crippen LogP contribution in [-0.4, -0.2) is 36.7 Å². The van der Waals surface area contributed by atoms with Gasteiger partial charge in [0.25, 0.3) is 0 Å². The largest absolute Gasteiger partial charge is 0.444 e. The maximum absolute atomic E-state index is 11.7. The van der Waals surface area contributed by atoms with E-state index >= 15 is 0 Å². The van der Waals surface area contributed by atoms with Crippen LogP contribution in [-0.2, 0) is 4.74 Å². The maximum Gasteiger partial charge on any atom is 0.412 e. The van der Waals surface area contributed by atoms with E-state index in [2.05, 4.69) is 29.4 Å². The van der Waals surface area contributed by atoms with Crippen LogP contribution in [0, 0.1) is 5.92 Å². The number of ether oxygens (including phenoxy) is 1. The zero-order chi connectivity index (χ0) is 16.3. The van der Waals surface area contributed by atoms with Crippen molar-refractivity contribution in [3.8, 4) is 0 Å². The van der Waals surface area contributed by atoms with Crippen LogP contribution < -0.4 is 11.1 Å². The van der Waals surface area contributed by atoms with Gasteiger partial charge in [0.1, 0.15) is 5.60 Å². The Kier molecular flexibility index (Phi) is 5.08. The normalized spacial score (nSPS) is 22.6. The Morgan fingerprint density at radius 2 is 2.00 bits per heavy atom. The number of benzene rings is 1. The van der Waals surface area contributed by atoms with E-state index in [1.165, 1.54) is 5.56 Å².